The van der Waals surface area contributed by atoms with Gasteiger partial charge in [-0.05, 0) is 62.2 Å². The highest BCUT2D eigenvalue weighted by molar-refractivity contribution is 4.81. The summed E-state index contributed by atoms with van der Waals surface area (Å²) in [6.45, 7) is 2.22. The van der Waals surface area contributed by atoms with Gasteiger partial charge in [-0.15, -0.1) is 0 Å². The number of halogens is 1. The number of hydrogen-bond acceptors (Lipinski definition) is 0. The molecular formula is C18H33F. The Morgan fingerprint density at radius 2 is 1.26 bits per heavy atom. The minimum Gasteiger partial charge on any atom is -0.251 e. The van der Waals surface area contributed by atoms with Crippen molar-refractivity contribution in [2.45, 2.75) is 84.0 Å². The standard InChI is InChI=1S/C18H33F/c1-2-3-4-5-15-6-10-17(11-7-15)18-12-8-16(14-19)9-13-18/h15-18H,2-14H2,1H3/t15-,16-,17-,18-. The van der Waals surface area contributed by atoms with Gasteiger partial charge in [0.05, 0.1) is 6.67 Å². The predicted molar refractivity (Wildman–Crippen MR) is 81.0 cm³/mol. The van der Waals surface area contributed by atoms with Gasteiger partial charge >= 0.3 is 0 Å². The summed E-state index contributed by atoms with van der Waals surface area (Å²) in [5.41, 5.74) is 0. The lowest BCUT2D eigenvalue weighted by Crippen LogP contribution is -2.26. The van der Waals surface area contributed by atoms with Crippen LogP contribution in [0, 0.1) is 23.7 Å². The number of hydrogen-bond donors (Lipinski definition) is 0. The molecule has 0 heterocycles. The zero-order valence-electron chi connectivity index (χ0n) is 12.9. The second kappa shape index (κ2) is 8.27. The second-order valence-electron chi connectivity index (χ2n) is 7.21. The van der Waals surface area contributed by atoms with Gasteiger partial charge in [-0.25, -0.2) is 0 Å². The zero-order chi connectivity index (χ0) is 13.5. The third kappa shape index (κ3) is 4.76. The molecule has 0 radical (unpaired) electrons. The Morgan fingerprint density at radius 1 is 0.737 bits per heavy atom. The van der Waals surface area contributed by atoms with E-state index in [2.05, 4.69) is 6.92 Å². The van der Waals surface area contributed by atoms with Crippen molar-refractivity contribution in [3.8, 4) is 0 Å². The van der Waals surface area contributed by atoms with E-state index in [1.54, 1.807) is 0 Å². The predicted octanol–water partition coefficient (Wildman–Crippen LogP) is 6.15. The van der Waals surface area contributed by atoms with Crippen LogP contribution < -0.4 is 0 Å². The Hall–Kier alpha value is -0.0700. The van der Waals surface area contributed by atoms with Crippen LogP contribution in [0.3, 0.4) is 0 Å². The highest BCUT2D eigenvalue weighted by Crippen LogP contribution is 2.42. The number of unbranched alkanes of at least 4 members (excludes halogenated alkanes) is 2. The van der Waals surface area contributed by atoms with Crippen LogP contribution >= 0.6 is 0 Å². The average Bonchev–Trinajstić information content (AvgIpc) is 2.48. The van der Waals surface area contributed by atoms with Crippen molar-refractivity contribution in [3.05, 3.63) is 0 Å². The van der Waals surface area contributed by atoms with E-state index in [9.17, 15) is 4.39 Å². The number of alkyl halides is 1. The van der Waals surface area contributed by atoms with Crippen LogP contribution in [0.25, 0.3) is 0 Å². The van der Waals surface area contributed by atoms with Crippen LogP contribution in [0.5, 0.6) is 0 Å². The SMILES string of the molecule is CCCCC[C@H]1CC[C@H]([C@H]2CC[C@H](CF)CC2)CC1. The molecule has 112 valence electrons. The summed E-state index contributed by atoms with van der Waals surface area (Å²) < 4.78 is 12.6. The Morgan fingerprint density at radius 3 is 1.74 bits per heavy atom. The maximum absolute atomic E-state index is 12.6. The van der Waals surface area contributed by atoms with Gasteiger partial charge in [0.2, 0.25) is 0 Å². The maximum atomic E-state index is 12.6. The van der Waals surface area contributed by atoms with Crippen LogP contribution in [-0.2, 0) is 0 Å². The first kappa shape index (κ1) is 15.3. The Kier molecular flexibility index (Phi) is 6.67. The molecule has 0 aromatic heterocycles. The van der Waals surface area contributed by atoms with Gasteiger partial charge in [0.1, 0.15) is 0 Å². The van der Waals surface area contributed by atoms with Crippen molar-refractivity contribution in [2.24, 2.45) is 23.7 Å². The van der Waals surface area contributed by atoms with Gasteiger partial charge in [0.15, 0.2) is 0 Å². The van der Waals surface area contributed by atoms with Crippen LogP contribution in [0.15, 0.2) is 0 Å². The summed E-state index contributed by atoms with van der Waals surface area (Å²) in [7, 11) is 0. The van der Waals surface area contributed by atoms with Gasteiger partial charge in [0.25, 0.3) is 0 Å². The van der Waals surface area contributed by atoms with Crippen molar-refractivity contribution >= 4 is 0 Å². The summed E-state index contributed by atoms with van der Waals surface area (Å²) in [6.07, 6.45) is 16.6. The summed E-state index contributed by atoms with van der Waals surface area (Å²) in [6, 6.07) is 0. The molecule has 2 saturated carbocycles. The lowest BCUT2D eigenvalue weighted by atomic mass is 9.69. The molecule has 0 nitrogen and oxygen atoms in total. The van der Waals surface area contributed by atoms with E-state index in [-0.39, 0.29) is 6.67 Å². The lowest BCUT2D eigenvalue weighted by molar-refractivity contribution is 0.134. The Bertz CT molecular complexity index is 222. The van der Waals surface area contributed by atoms with Crippen molar-refractivity contribution in [2.75, 3.05) is 6.67 Å². The van der Waals surface area contributed by atoms with Gasteiger partial charge in [0, 0.05) is 0 Å². The highest BCUT2D eigenvalue weighted by Gasteiger charge is 2.30. The van der Waals surface area contributed by atoms with Crippen molar-refractivity contribution < 1.29 is 4.39 Å². The largest absolute Gasteiger partial charge is 0.251 e. The zero-order valence-corrected chi connectivity index (χ0v) is 12.9. The summed E-state index contributed by atoms with van der Waals surface area (Å²) >= 11 is 0. The molecule has 0 aromatic rings. The third-order valence-electron chi connectivity index (χ3n) is 5.88. The topological polar surface area (TPSA) is 0 Å². The molecule has 2 aliphatic carbocycles. The lowest BCUT2D eigenvalue weighted by Gasteiger charge is -2.37. The summed E-state index contributed by atoms with van der Waals surface area (Å²) in [5.74, 6) is 3.37. The van der Waals surface area contributed by atoms with E-state index in [1.165, 1.54) is 64.2 Å². The van der Waals surface area contributed by atoms with Crippen molar-refractivity contribution in [1.29, 1.82) is 0 Å². The van der Waals surface area contributed by atoms with Gasteiger partial charge in [-0.3, -0.25) is 4.39 Å². The molecule has 2 aliphatic rings. The fourth-order valence-corrected chi connectivity index (χ4v) is 4.45. The van der Waals surface area contributed by atoms with E-state index in [0.717, 1.165) is 30.6 Å². The molecule has 2 rings (SSSR count). The van der Waals surface area contributed by atoms with E-state index in [1.807, 2.05) is 0 Å². The third-order valence-corrected chi connectivity index (χ3v) is 5.88. The minimum atomic E-state index is -0.0725. The maximum Gasteiger partial charge on any atom is 0.0922 e. The fraction of sp³-hybridized carbons (Fsp3) is 1.00. The van der Waals surface area contributed by atoms with E-state index in [0.29, 0.717) is 5.92 Å². The Balaban J connectivity index is 1.63. The molecule has 0 atom stereocenters. The molecule has 0 amide bonds. The first-order chi connectivity index (χ1) is 9.33. The van der Waals surface area contributed by atoms with Gasteiger partial charge in [-0.1, -0.05) is 45.4 Å². The van der Waals surface area contributed by atoms with E-state index >= 15 is 0 Å². The number of rotatable bonds is 6. The molecule has 0 saturated heterocycles. The van der Waals surface area contributed by atoms with E-state index in [4.69, 9.17) is 0 Å². The molecule has 19 heavy (non-hydrogen) atoms. The quantitative estimate of drug-likeness (QED) is 0.507. The van der Waals surface area contributed by atoms with Crippen LogP contribution in [0.2, 0.25) is 0 Å². The summed E-state index contributed by atoms with van der Waals surface area (Å²) in [4.78, 5) is 0. The smallest absolute Gasteiger partial charge is 0.0922 e. The van der Waals surface area contributed by atoms with Crippen LogP contribution in [-0.4, -0.2) is 6.67 Å². The molecule has 0 aliphatic heterocycles. The molecule has 2 fully saturated rings. The van der Waals surface area contributed by atoms with Crippen molar-refractivity contribution in [1.82, 2.24) is 0 Å². The Labute approximate surface area is 119 Å². The molecule has 0 spiro atoms. The van der Waals surface area contributed by atoms with Crippen LogP contribution in [0.4, 0.5) is 4.39 Å². The van der Waals surface area contributed by atoms with Crippen molar-refractivity contribution in [3.63, 3.8) is 0 Å². The normalized spacial score (nSPS) is 36.3. The second-order valence-corrected chi connectivity index (χ2v) is 7.21. The molecule has 0 bridgehead atoms. The summed E-state index contributed by atoms with van der Waals surface area (Å²) in [5, 5.41) is 0. The molecule has 0 aromatic carbocycles. The minimum absolute atomic E-state index is 0.0725. The monoisotopic (exact) mass is 268 g/mol. The highest BCUT2D eigenvalue weighted by atomic mass is 19.1. The van der Waals surface area contributed by atoms with Gasteiger partial charge < -0.3 is 0 Å². The molecule has 0 N–H and O–H groups in total. The molecule has 0 unspecified atom stereocenters. The van der Waals surface area contributed by atoms with E-state index < -0.39 is 0 Å². The first-order valence-electron chi connectivity index (χ1n) is 8.89. The fourth-order valence-electron chi connectivity index (χ4n) is 4.45. The van der Waals surface area contributed by atoms with Crippen LogP contribution in [0.1, 0.15) is 84.0 Å². The molecular weight excluding hydrogens is 235 g/mol. The van der Waals surface area contributed by atoms with Gasteiger partial charge in [-0.2, -0.15) is 0 Å². The molecule has 1 heteroatoms. The average molecular weight is 268 g/mol. The first-order valence-corrected chi connectivity index (χ1v) is 8.89.